The first-order chi connectivity index (χ1) is 7.88. The molecule has 0 aromatic rings. The number of hydrogen-bond donors (Lipinski definition) is 0. The fourth-order valence-electron chi connectivity index (χ4n) is 0.911. The molecule has 0 saturated heterocycles. The fraction of sp³-hybridized carbons (Fsp3) is 0.600. The molecule has 94 valence electrons. The van der Waals surface area contributed by atoms with Crippen LogP contribution in [0.5, 0.6) is 0 Å². The summed E-state index contributed by atoms with van der Waals surface area (Å²) in [5, 5.41) is 11.9. The second-order valence-corrected chi connectivity index (χ2v) is 3.61. The molecular formula is C10H17N4O3+. The number of rotatable bonds is 3. The van der Waals surface area contributed by atoms with Crippen molar-refractivity contribution in [2.24, 2.45) is 5.16 Å². The maximum atomic E-state index is 11.1. The predicted molar refractivity (Wildman–Crippen MR) is 61.5 cm³/mol. The summed E-state index contributed by atoms with van der Waals surface area (Å²) < 4.78 is 6.33. The summed E-state index contributed by atoms with van der Waals surface area (Å²) in [4.78, 5) is 17.8. The van der Waals surface area contributed by atoms with Crippen molar-refractivity contribution in [3.63, 3.8) is 0 Å². The summed E-state index contributed by atoms with van der Waals surface area (Å²) in [6, 6.07) is 2.22. The molecular weight excluding hydrogens is 224 g/mol. The Bertz CT molecular complexity index is 364. The lowest BCUT2D eigenvalue weighted by molar-refractivity contribution is -0.480. The van der Waals surface area contributed by atoms with Crippen LogP contribution in [-0.4, -0.2) is 62.0 Å². The molecule has 0 aliphatic rings. The van der Waals surface area contributed by atoms with E-state index in [0.717, 1.165) is 6.21 Å². The van der Waals surface area contributed by atoms with Crippen molar-refractivity contribution in [1.82, 2.24) is 4.90 Å². The molecule has 1 unspecified atom stereocenters. The predicted octanol–water partition coefficient (Wildman–Crippen LogP) is -0.366. The highest BCUT2D eigenvalue weighted by Crippen LogP contribution is 1.89. The highest BCUT2D eigenvalue weighted by Gasteiger charge is 2.13. The lowest BCUT2D eigenvalue weighted by Crippen LogP contribution is -2.31. The third-order valence-corrected chi connectivity index (χ3v) is 1.53. The number of carbonyl (C=O) groups excluding carboxylic acids is 1. The van der Waals surface area contributed by atoms with Crippen molar-refractivity contribution >= 4 is 18.2 Å². The smallest absolute Gasteiger partial charge is 0.443 e. The molecule has 0 aliphatic carbocycles. The summed E-state index contributed by atoms with van der Waals surface area (Å²) in [6.07, 6.45) is 0.0704. The van der Waals surface area contributed by atoms with E-state index in [1.54, 1.807) is 43.7 Å². The number of carbonyl (C=O) groups is 1. The second kappa shape index (κ2) is 7.22. The van der Waals surface area contributed by atoms with Crippen molar-refractivity contribution in [1.29, 1.82) is 5.26 Å². The average Bonchev–Trinajstić information content (AvgIpc) is 2.22. The van der Waals surface area contributed by atoms with Crippen LogP contribution in [0.2, 0.25) is 0 Å². The Labute approximate surface area is 101 Å². The summed E-state index contributed by atoms with van der Waals surface area (Å²) in [7, 11) is 7.11. The molecule has 0 saturated carbocycles. The maximum absolute atomic E-state index is 11.1. The lowest BCUT2D eigenvalue weighted by Gasteiger charge is -2.06. The van der Waals surface area contributed by atoms with Crippen molar-refractivity contribution < 1.29 is 18.9 Å². The highest BCUT2D eigenvalue weighted by atomic mass is 16.7. The molecule has 17 heavy (non-hydrogen) atoms. The van der Waals surface area contributed by atoms with E-state index in [4.69, 9.17) is 10.1 Å². The Morgan fingerprint density at radius 3 is 2.53 bits per heavy atom. The Morgan fingerprint density at radius 1 is 1.53 bits per heavy atom. The molecule has 0 heterocycles. The van der Waals surface area contributed by atoms with Crippen molar-refractivity contribution in [2.45, 2.75) is 13.0 Å². The minimum absolute atomic E-state index is 0.461. The Morgan fingerprint density at radius 2 is 2.12 bits per heavy atom. The Balaban J connectivity index is 4.33. The van der Waals surface area contributed by atoms with Gasteiger partial charge in [0.2, 0.25) is 0 Å². The van der Waals surface area contributed by atoms with Gasteiger partial charge in [-0.2, -0.15) is 5.26 Å². The molecule has 0 aromatic carbocycles. The van der Waals surface area contributed by atoms with E-state index in [0.29, 0.717) is 6.02 Å². The molecule has 1 atom stereocenters. The number of esters is 1. The minimum atomic E-state index is -0.805. The van der Waals surface area contributed by atoms with Crippen LogP contribution >= 0.6 is 0 Å². The van der Waals surface area contributed by atoms with E-state index in [2.05, 4.69) is 9.89 Å². The number of amidine groups is 1. The largest absolute Gasteiger partial charge is 0.471 e. The summed E-state index contributed by atoms with van der Waals surface area (Å²) >= 11 is 0. The number of ether oxygens (including phenoxy) is 1. The van der Waals surface area contributed by atoms with Gasteiger partial charge in [-0.05, 0) is 6.92 Å². The summed E-state index contributed by atoms with van der Waals surface area (Å²) in [6.45, 7) is 1.46. The Kier molecular flexibility index (Phi) is 6.33. The molecule has 0 bridgehead atoms. The van der Waals surface area contributed by atoms with Crippen LogP contribution in [0.4, 0.5) is 0 Å². The summed E-state index contributed by atoms with van der Waals surface area (Å²) in [5.74, 6) is -0.726. The molecule has 7 heteroatoms. The first-order valence-electron chi connectivity index (χ1n) is 4.90. The second-order valence-electron chi connectivity index (χ2n) is 3.61. The minimum Gasteiger partial charge on any atom is -0.443 e. The quantitative estimate of drug-likeness (QED) is 0.221. The van der Waals surface area contributed by atoms with E-state index in [9.17, 15) is 4.79 Å². The Hall–Kier alpha value is -2.10. The maximum Gasteiger partial charge on any atom is 0.471 e. The fourth-order valence-corrected chi connectivity index (χ4v) is 0.911. The van der Waals surface area contributed by atoms with Gasteiger partial charge in [0.15, 0.2) is 12.3 Å². The van der Waals surface area contributed by atoms with E-state index < -0.39 is 12.1 Å². The van der Waals surface area contributed by atoms with Crippen molar-refractivity contribution in [3.8, 4) is 6.07 Å². The zero-order valence-electron chi connectivity index (χ0n) is 10.7. The molecule has 0 aromatic heterocycles. The van der Waals surface area contributed by atoms with Crippen LogP contribution in [0.25, 0.3) is 0 Å². The van der Waals surface area contributed by atoms with Crippen LogP contribution < -0.4 is 0 Å². The molecule has 0 radical (unpaired) electrons. The van der Waals surface area contributed by atoms with Gasteiger partial charge in [0.25, 0.3) is 0 Å². The lowest BCUT2D eigenvalue weighted by atomic mass is 10.5. The number of hydrogen-bond acceptors (Lipinski definition) is 5. The first kappa shape index (κ1) is 14.9. The molecule has 7 nitrogen and oxygen atoms in total. The molecule has 0 aliphatic heterocycles. The van der Waals surface area contributed by atoms with Crippen LogP contribution in [-0.2, 0) is 14.4 Å². The van der Waals surface area contributed by atoms with Gasteiger partial charge in [-0.15, -0.1) is 0 Å². The topological polar surface area (TPSA) is 77.9 Å². The van der Waals surface area contributed by atoms with Gasteiger partial charge in [-0.3, -0.25) is 4.84 Å². The van der Waals surface area contributed by atoms with Crippen LogP contribution in [0.15, 0.2) is 5.16 Å². The van der Waals surface area contributed by atoms with Crippen LogP contribution in [0, 0.1) is 11.3 Å². The standard InChI is InChI=1S/C10H17N4O3/c1-8(6-11)16-9(15)7-12-17-10(13(2)3)14(4)5/h7-8H,1-5H3/q+1. The van der Waals surface area contributed by atoms with Crippen molar-refractivity contribution in [2.75, 3.05) is 28.2 Å². The van der Waals surface area contributed by atoms with Crippen LogP contribution in [0.3, 0.4) is 0 Å². The van der Waals surface area contributed by atoms with Gasteiger partial charge in [-0.1, -0.05) is 5.16 Å². The third kappa shape index (κ3) is 6.14. The van der Waals surface area contributed by atoms with Gasteiger partial charge in [-0.25, -0.2) is 14.3 Å². The van der Waals surface area contributed by atoms with Gasteiger partial charge in [0, 0.05) is 0 Å². The zero-order valence-corrected chi connectivity index (χ0v) is 10.7. The van der Waals surface area contributed by atoms with Gasteiger partial charge in [0.1, 0.15) is 6.07 Å². The highest BCUT2D eigenvalue weighted by molar-refractivity contribution is 6.23. The first-order valence-corrected chi connectivity index (χ1v) is 4.90. The van der Waals surface area contributed by atoms with Gasteiger partial charge in [0.05, 0.1) is 28.2 Å². The molecule has 0 spiro atoms. The molecule has 0 rings (SSSR count). The number of nitrogens with zero attached hydrogens (tertiary/aromatic N) is 4. The zero-order chi connectivity index (χ0) is 13.4. The molecule has 0 fully saturated rings. The number of nitriles is 1. The van der Waals surface area contributed by atoms with Gasteiger partial charge < -0.3 is 4.74 Å². The monoisotopic (exact) mass is 241 g/mol. The van der Waals surface area contributed by atoms with E-state index in [1.165, 1.54) is 6.92 Å². The van der Waals surface area contributed by atoms with E-state index in [-0.39, 0.29) is 0 Å². The van der Waals surface area contributed by atoms with Crippen LogP contribution in [0.1, 0.15) is 6.92 Å². The summed E-state index contributed by atoms with van der Waals surface area (Å²) in [5.41, 5.74) is 0. The third-order valence-electron chi connectivity index (χ3n) is 1.53. The van der Waals surface area contributed by atoms with Crippen molar-refractivity contribution in [3.05, 3.63) is 0 Å². The van der Waals surface area contributed by atoms with E-state index >= 15 is 0 Å². The molecule has 0 amide bonds. The average molecular weight is 241 g/mol. The number of oxime groups is 1. The van der Waals surface area contributed by atoms with E-state index in [1.807, 2.05) is 0 Å². The molecule has 0 N–H and O–H groups in total. The van der Waals surface area contributed by atoms with Gasteiger partial charge >= 0.3 is 12.0 Å². The SMILES string of the molecule is CC(C#N)OC(=O)C=NOC(N(C)C)=[N+](C)C. The normalized spacial score (nSPS) is 11.5.